The Morgan fingerprint density at radius 3 is 2.80 bits per heavy atom. The highest BCUT2D eigenvalue weighted by molar-refractivity contribution is 7.89. The van der Waals surface area contributed by atoms with Crippen LogP contribution in [0.5, 0.6) is 5.75 Å². The molecule has 2 N–H and O–H groups in total. The van der Waals surface area contributed by atoms with Crippen molar-refractivity contribution in [2.24, 2.45) is 11.1 Å². The molecule has 1 saturated heterocycles. The van der Waals surface area contributed by atoms with Crippen LogP contribution in [0.2, 0.25) is 0 Å². The van der Waals surface area contributed by atoms with Gasteiger partial charge >= 0.3 is 0 Å². The maximum absolute atomic E-state index is 13.9. The summed E-state index contributed by atoms with van der Waals surface area (Å²) in [4.78, 5) is 13.2. The number of para-hydroxylation sites is 1. The van der Waals surface area contributed by atoms with E-state index in [-0.39, 0.29) is 36.1 Å². The van der Waals surface area contributed by atoms with Gasteiger partial charge in [0.1, 0.15) is 11.4 Å². The van der Waals surface area contributed by atoms with Crippen LogP contribution in [0, 0.1) is 11.7 Å². The summed E-state index contributed by atoms with van der Waals surface area (Å²) in [5.74, 6) is -1.45. The Bertz CT molecular complexity index is 632. The van der Waals surface area contributed by atoms with Gasteiger partial charge in [-0.05, 0) is 12.1 Å². The van der Waals surface area contributed by atoms with E-state index in [0.29, 0.717) is 0 Å². The maximum atomic E-state index is 13.9. The molecule has 1 aliphatic rings. The van der Waals surface area contributed by atoms with Gasteiger partial charge in [-0.25, -0.2) is 17.9 Å². The van der Waals surface area contributed by atoms with Crippen molar-refractivity contribution in [3.63, 3.8) is 0 Å². The maximum Gasteiger partial charge on any atom is 0.227 e. The standard InChI is InChI=1S/C12H15FN2O4S/c1-19-10-4-2-3-9(13)12(10)15-6-8(5-11(15)16)7-20(14,17)18/h2-4,8H,5-7H2,1H3,(H2,14,17,18). The number of nitrogens with two attached hydrogens (primary N) is 1. The number of primary sulfonamides is 1. The molecule has 8 heteroatoms. The zero-order valence-electron chi connectivity index (χ0n) is 10.9. The highest BCUT2D eigenvalue weighted by Gasteiger charge is 2.35. The highest BCUT2D eigenvalue weighted by Crippen LogP contribution is 2.35. The van der Waals surface area contributed by atoms with Crippen molar-refractivity contribution < 1.29 is 22.3 Å². The number of ether oxygens (including phenoxy) is 1. The molecule has 1 aliphatic heterocycles. The Kier molecular flexibility index (Phi) is 3.96. The molecule has 1 fully saturated rings. The number of anilines is 1. The number of carbonyl (C=O) groups excluding carboxylic acids is 1. The zero-order chi connectivity index (χ0) is 14.9. The molecule has 0 saturated carbocycles. The summed E-state index contributed by atoms with van der Waals surface area (Å²) in [7, 11) is -2.29. The SMILES string of the molecule is COc1cccc(F)c1N1CC(CS(N)(=O)=O)CC1=O. The summed E-state index contributed by atoms with van der Waals surface area (Å²) in [6.07, 6.45) is 0.0217. The molecule has 1 atom stereocenters. The second kappa shape index (κ2) is 5.37. The second-order valence-corrected chi connectivity index (χ2v) is 6.35. The Morgan fingerprint density at radius 1 is 1.50 bits per heavy atom. The van der Waals surface area contributed by atoms with Crippen LogP contribution in [-0.2, 0) is 14.8 Å². The van der Waals surface area contributed by atoms with E-state index in [1.165, 1.54) is 24.1 Å². The first-order valence-electron chi connectivity index (χ1n) is 5.95. The lowest BCUT2D eigenvalue weighted by atomic mass is 10.1. The summed E-state index contributed by atoms with van der Waals surface area (Å²) in [5.41, 5.74) is 0.0388. The van der Waals surface area contributed by atoms with E-state index in [1.54, 1.807) is 6.07 Å². The molecule has 110 valence electrons. The number of sulfonamides is 1. The quantitative estimate of drug-likeness (QED) is 0.875. The predicted octanol–water partition coefficient (Wildman–Crippen LogP) is 0.476. The fourth-order valence-electron chi connectivity index (χ4n) is 2.36. The van der Waals surface area contributed by atoms with Crippen LogP contribution in [0.15, 0.2) is 18.2 Å². The Hall–Kier alpha value is -1.67. The van der Waals surface area contributed by atoms with E-state index in [0.717, 1.165) is 0 Å². The number of benzene rings is 1. The van der Waals surface area contributed by atoms with Gasteiger partial charge < -0.3 is 9.64 Å². The van der Waals surface area contributed by atoms with Gasteiger partial charge in [-0.2, -0.15) is 0 Å². The smallest absolute Gasteiger partial charge is 0.227 e. The molecule has 0 spiro atoms. The van der Waals surface area contributed by atoms with Crippen molar-refractivity contribution in [3.8, 4) is 5.75 Å². The summed E-state index contributed by atoms with van der Waals surface area (Å²) >= 11 is 0. The van der Waals surface area contributed by atoms with Crippen molar-refractivity contribution in [2.75, 3.05) is 24.3 Å². The van der Waals surface area contributed by atoms with Crippen LogP contribution in [0.1, 0.15) is 6.42 Å². The Balaban J connectivity index is 2.29. The third-order valence-corrected chi connectivity index (χ3v) is 4.05. The fraction of sp³-hybridized carbons (Fsp3) is 0.417. The lowest BCUT2D eigenvalue weighted by Gasteiger charge is -2.20. The monoisotopic (exact) mass is 302 g/mol. The summed E-state index contributed by atoms with van der Waals surface area (Å²) in [6, 6.07) is 4.23. The number of hydrogen-bond acceptors (Lipinski definition) is 4. The first-order valence-corrected chi connectivity index (χ1v) is 7.66. The van der Waals surface area contributed by atoms with E-state index in [1.807, 2.05) is 0 Å². The molecule has 1 amide bonds. The molecular weight excluding hydrogens is 287 g/mol. The highest BCUT2D eigenvalue weighted by atomic mass is 32.2. The van der Waals surface area contributed by atoms with Crippen molar-refractivity contribution in [2.45, 2.75) is 6.42 Å². The first-order chi connectivity index (χ1) is 9.31. The number of carbonyl (C=O) groups is 1. The topological polar surface area (TPSA) is 89.7 Å². The Labute approximate surface area is 116 Å². The summed E-state index contributed by atoms with van der Waals surface area (Å²) < 4.78 is 41.1. The number of rotatable bonds is 4. The van der Waals surface area contributed by atoms with Crippen LogP contribution in [-0.4, -0.2) is 33.7 Å². The van der Waals surface area contributed by atoms with Crippen molar-refractivity contribution in [3.05, 3.63) is 24.0 Å². The van der Waals surface area contributed by atoms with Gasteiger partial charge in [0.05, 0.1) is 12.9 Å². The predicted molar refractivity (Wildman–Crippen MR) is 71.4 cm³/mol. The zero-order valence-corrected chi connectivity index (χ0v) is 11.7. The number of hydrogen-bond donors (Lipinski definition) is 1. The number of nitrogens with zero attached hydrogens (tertiary/aromatic N) is 1. The van der Waals surface area contributed by atoms with Crippen LogP contribution in [0.4, 0.5) is 10.1 Å². The average molecular weight is 302 g/mol. The van der Waals surface area contributed by atoms with Gasteiger partial charge in [0, 0.05) is 18.9 Å². The third kappa shape index (κ3) is 3.07. The molecule has 1 aromatic carbocycles. The summed E-state index contributed by atoms with van der Waals surface area (Å²) in [5, 5.41) is 4.97. The number of halogens is 1. The lowest BCUT2D eigenvalue weighted by molar-refractivity contribution is -0.117. The minimum atomic E-state index is -3.67. The number of amides is 1. The van der Waals surface area contributed by atoms with Gasteiger partial charge in [0.15, 0.2) is 5.82 Å². The van der Waals surface area contributed by atoms with Gasteiger partial charge in [-0.15, -0.1) is 0 Å². The van der Waals surface area contributed by atoms with Crippen LogP contribution in [0.25, 0.3) is 0 Å². The summed E-state index contributed by atoms with van der Waals surface area (Å²) in [6.45, 7) is 0.104. The van der Waals surface area contributed by atoms with E-state index in [4.69, 9.17) is 9.88 Å². The molecule has 1 aromatic rings. The normalized spacial score (nSPS) is 19.4. The minimum absolute atomic E-state index is 0.0217. The molecular formula is C12H15FN2O4S. The largest absolute Gasteiger partial charge is 0.494 e. The molecule has 1 heterocycles. The van der Waals surface area contributed by atoms with Crippen LogP contribution >= 0.6 is 0 Å². The van der Waals surface area contributed by atoms with E-state index in [2.05, 4.69) is 0 Å². The van der Waals surface area contributed by atoms with E-state index in [9.17, 15) is 17.6 Å². The third-order valence-electron chi connectivity index (χ3n) is 3.11. The van der Waals surface area contributed by atoms with E-state index < -0.39 is 21.8 Å². The van der Waals surface area contributed by atoms with Gasteiger partial charge in [-0.3, -0.25) is 4.79 Å². The van der Waals surface area contributed by atoms with E-state index >= 15 is 0 Å². The van der Waals surface area contributed by atoms with Crippen molar-refractivity contribution >= 4 is 21.6 Å². The molecule has 0 radical (unpaired) electrons. The minimum Gasteiger partial charge on any atom is -0.494 e. The van der Waals surface area contributed by atoms with Gasteiger partial charge in [0.2, 0.25) is 15.9 Å². The van der Waals surface area contributed by atoms with Gasteiger partial charge in [0.25, 0.3) is 0 Å². The fourth-order valence-corrected chi connectivity index (χ4v) is 3.24. The molecule has 0 bridgehead atoms. The molecule has 2 rings (SSSR count). The van der Waals surface area contributed by atoms with Crippen LogP contribution < -0.4 is 14.8 Å². The van der Waals surface area contributed by atoms with Gasteiger partial charge in [-0.1, -0.05) is 6.07 Å². The molecule has 1 unspecified atom stereocenters. The second-order valence-electron chi connectivity index (χ2n) is 4.69. The Morgan fingerprint density at radius 2 is 2.20 bits per heavy atom. The molecule has 6 nitrogen and oxygen atoms in total. The lowest BCUT2D eigenvalue weighted by Crippen LogP contribution is -2.28. The van der Waals surface area contributed by atoms with Crippen LogP contribution in [0.3, 0.4) is 0 Å². The molecule has 0 aromatic heterocycles. The number of methoxy groups -OCH3 is 1. The average Bonchev–Trinajstić information content (AvgIpc) is 2.67. The van der Waals surface area contributed by atoms with Crippen molar-refractivity contribution in [1.82, 2.24) is 0 Å². The molecule has 20 heavy (non-hydrogen) atoms. The molecule has 0 aliphatic carbocycles. The first kappa shape index (κ1) is 14.7. The van der Waals surface area contributed by atoms with Crippen molar-refractivity contribution in [1.29, 1.82) is 0 Å².